The molecule has 20 heavy (non-hydrogen) atoms. The molecule has 112 valence electrons. The number of hydrogen-bond donors (Lipinski definition) is 1. The van der Waals surface area contributed by atoms with Gasteiger partial charge in [-0.15, -0.1) is 0 Å². The maximum Gasteiger partial charge on any atom is 0.0713 e. The van der Waals surface area contributed by atoms with Gasteiger partial charge in [-0.05, 0) is 43.4 Å². The van der Waals surface area contributed by atoms with E-state index in [0.29, 0.717) is 18.7 Å². The molecule has 0 spiro atoms. The number of hydrogen-bond acceptors (Lipinski definition) is 3. The number of rotatable bonds is 6. The minimum Gasteiger partial charge on any atom is -0.380 e. The van der Waals surface area contributed by atoms with E-state index >= 15 is 0 Å². The largest absolute Gasteiger partial charge is 0.380 e. The third-order valence-electron chi connectivity index (χ3n) is 4.35. The molecular weight excluding hydrogens is 248 g/mol. The van der Waals surface area contributed by atoms with Crippen LogP contribution in [0.15, 0.2) is 24.3 Å². The van der Waals surface area contributed by atoms with E-state index in [1.165, 1.54) is 36.8 Å². The molecule has 1 aromatic carbocycles. The summed E-state index contributed by atoms with van der Waals surface area (Å²) in [6.07, 6.45) is 4.83. The average Bonchev–Trinajstić information content (AvgIpc) is 2.47. The van der Waals surface area contributed by atoms with Gasteiger partial charge in [-0.25, -0.2) is 0 Å². The van der Waals surface area contributed by atoms with Crippen LogP contribution in [0.5, 0.6) is 0 Å². The van der Waals surface area contributed by atoms with Gasteiger partial charge in [-0.3, -0.25) is 4.90 Å². The Morgan fingerprint density at radius 2 is 1.90 bits per heavy atom. The Hall–Kier alpha value is -0.900. The van der Waals surface area contributed by atoms with Gasteiger partial charge in [0, 0.05) is 25.7 Å². The molecule has 1 aliphatic carbocycles. The molecule has 3 nitrogen and oxygen atoms in total. The molecule has 0 bridgehead atoms. The summed E-state index contributed by atoms with van der Waals surface area (Å²) in [7, 11) is 1.75. The van der Waals surface area contributed by atoms with E-state index in [9.17, 15) is 0 Å². The lowest BCUT2D eigenvalue weighted by atomic mass is 9.90. The molecule has 0 aromatic heterocycles. The summed E-state index contributed by atoms with van der Waals surface area (Å²) in [4.78, 5) is 2.60. The third kappa shape index (κ3) is 4.30. The van der Waals surface area contributed by atoms with Gasteiger partial charge in [0.1, 0.15) is 0 Å². The number of methoxy groups -OCH3 is 1. The second-order valence-electron chi connectivity index (χ2n) is 5.88. The first-order chi connectivity index (χ1) is 9.72. The van der Waals surface area contributed by atoms with Gasteiger partial charge in [-0.1, -0.05) is 31.2 Å². The lowest BCUT2D eigenvalue weighted by Crippen LogP contribution is -2.40. The molecular formula is C17H28N2O. The Morgan fingerprint density at radius 3 is 2.55 bits per heavy atom. The lowest BCUT2D eigenvalue weighted by Gasteiger charge is -2.35. The highest BCUT2D eigenvalue weighted by molar-refractivity contribution is 5.23. The Kier molecular flexibility index (Phi) is 6.02. The van der Waals surface area contributed by atoms with Gasteiger partial charge in [0.15, 0.2) is 0 Å². The fourth-order valence-corrected chi connectivity index (χ4v) is 3.18. The van der Waals surface area contributed by atoms with Gasteiger partial charge < -0.3 is 10.5 Å². The van der Waals surface area contributed by atoms with Crippen LogP contribution in [0.1, 0.15) is 43.7 Å². The van der Waals surface area contributed by atoms with Crippen molar-refractivity contribution in [2.75, 3.05) is 13.7 Å². The van der Waals surface area contributed by atoms with Crippen LogP contribution in [0.2, 0.25) is 0 Å². The van der Waals surface area contributed by atoms with Crippen molar-refractivity contribution in [1.29, 1.82) is 0 Å². The first-order valence-electron chi connectivity index (χ1n) is 7.79. The fraction of sp³-hybridized carbons (Fsp3) is 0.647. The van der Waals surface area contributed by atoms with Crippen molar-refractivity contribution in [3.63, 3.8) is 0 Å². The minimum atomic E-state index is 0.426. The van der Waals surface area contributed by atoms with Crippen LogP contribution in [0.3, 0.4) is 0 Å². The van der Waals surface area contributed by atoms with Crippen LogP contribution in [-0.2, 0) is 17.9 Å². The Labute approximate surface area is 123 Å². The standard InChI is InChI=1S/C17H28N2O/c1-3-19(17-9-7-16(18)8-10-17)12-14-5-4-6-15(11-14)13-20-2/h4-6,11,16-17H,3,7-10,12-13,18H2,1-2H3. The zero-order chi connectivity index (χ0) is 14.4. The summed E-state index contributed by atoms with van der Waals surface area (Å²) in [5.41, 5.74) is 8.65. The lowest BCUT2D eigenvalue weighted by molar-refractivity contribution is 0.149. The number of nitrogens with zero attached hydrogens (tertiary/aromatic N) is 1. The monoisotopic (exact) mass is 276 g/mol. The van der Waals surface area contributed by atoms with E-state index < -0.39 is 0 Å². The third-order valence-corrected chi connectivity index (χ3v) is 4.35. The molecule has 1 aliphatic rings. The van der Waals surface area contributed by atoms with Gasteiger partial charge in [-0.2, -0.15) is 0 Å². The Balaban J connectivity index is 1.97. The van der Waals surface area contributed by atoms with Crippen LogP contribution in [0.4, 0.5) is 0 Å². The highest BCUT2D eigenvalue weighted by Gasteiger charge is 2.23. The highest BCUT2D eigenvalue weighted by Crippen LogP contribution is 2.23. The SMILES string of the molecule is CCN(Cc1cccc(COC)c1)C1CCC(N)CC1. The summed E-state index contributed by atoms with van der Waals surface area (Å²) in [6.45, 7) is 5.09. The first-order valence-corrected chi connectivity index (χ1v) is 7.79. The first kappa shape index (κ1) is 15.5. The zero-order valence-corrected chi connectivity index (χ0v) is 12.8. The van der Waals surface area contributed by atoms with Crippen molar-refractivity contribution in [2.24, 2.45) is 5.73 Å². The molecule has 0 unspecified atom stereocenters. The van der Waals surface area contributed by atoms with E-state index in [0.717, 1.165) is 13.1 Å². The van der Waals surface area contributed by atoms with Gasteiger partial charge >= 0.3 is 0 Å². The Morgan fingerprint density at radius 1 is 1.20 bits per heavy atom. The second-order valence-corrected chi connectivity index (χ2v) is 5.88. The molecule has 3 heteroatoms. The highest BCUT2D eigenvalue weighted by atomic mass is 16.5. The van der Waals surface area contributed by atoms with Gasteiger partial charge in [0.25, 0.3) is 0 Å². The molecule has 2 rings (SSSR count). The number of ether oxygens (including phenoxy) is 1. The quantitative estimate of drug-likeness (QED) is 0.868. The summed E-state index contributed by atoms with van der Waals surface area (Å²) < 4.78 is 5.21. The molecule has 0 heterocycles. The van der Waals surface area contributed by atoms with Crippen LogP contribution < -0.4 is 5.73 Å². The zero-order valence-electron chi connectivity index (χ0n) is 12.8. The Bertz CT molecular complexity index is 400. The molecule has 0 aliphatic heterocycles. The molecule has 0 atom stereocenters. The molecule has 0 saturated heterocycles. The van der Waals surface area contributed by atoms with Gasteiger partial charge in [0.05, 0.1) is 6.61 Å². The van der Waals surface area contributed by atoms with Crippen molar-refractivity contribution in [2.45, 2.75) is 57.8 Å². The second kappa shape index (κ2) is 7.77. The number of nitrogens with two attached hydrogens (primary N) is 1. The van der Waals surface area contributed by atoms with Crippen molar-refractivity contribution in [3.05, 3.63) is 35.4 Å². The van der Waals surface area contributed by atoms with Crippen molar-refractivity contribution in [3.8, 4) is 0 Å². The summed E-state index contributed by atoms with van der Waals surface area (Å²) in [5.74, 6) is 0. The summed E-state index contributed by atoms with van der Waals surface area (Å²) >= 11 is 0. The van der Waals surface area contributed by atoms with Crippen LogP contribution in [0, 0.1) is 0 Å². The maximum atomic E-state index is 6.01. The van der Waals surface area contributed by atoms with Crippen molar-refractivity contribution in [1.82, 2.24) is 4.90 Å². The predicted octanol–water partition coefficient (Wildman–Crippen LogP) is 2.92. The molecule has 1 saturated carbocycles. The van der Waals surface area contributed by atoms with E-state index in [1.54, 1.807) is 7.11 Å². The molecule has 1 fully saturated rings. The molecule has 0 amide bonds. The molecule has 2 N–H and O–H groups in total. The van der Waals surface area contributed by atoms with Crippen molar-refractivity contribution < 1.29 is 4.74 Å². The van der Waals surface area contributed by atoms with Crippen LogP contribution in [-0.4, -0.2) is 30.6 Å². The normalized spacial score (nSPS) is 23.2. The number of benzene rings is 1. The van der Waals surface area contributed by atoms with E-state index in [-0.39, 0.29) is 0 Å². The van der Waals surface area contributed by atoms with Crippen LogP contribution in [0.25, 0.3) is 0 Å². The fourth-order valence-electron chi connectivity index (χ4n) is 3.18. The predicted molar refractivity (Wildman–Crippen MR) is 83.5 cm³/mol. The minimum absolute atomic E-state index is 0.426. The van der Waals surface area contributed by atoms with Crippen molar-refractivity contribution >= 4 is 0 Å². The van der Waals surface area contributed by atoms with E-state index in [4.69, 9.17) is 10.5 Å². The summed E-state index contributed by atoms with van der Waals surface area (Å²) in [5, 5.41) is 0. The molecule has 1 aromatic rings. The topological polar surface area (TPSA) is 38.5 Å². The maximum absolute atomic E-state index is 6.01. The molecule has 0 radical (unpaired) electrons. The summed E-state index contributed by atoms with van der Waals surface area (Å²) in [6, 6.07) is 9.87. The van der Waals surface area contributed by atoms with Gasteiger partial charge in [0.2, 0.25) is 0 Å². The van der Waals surface area contributed by atoms with E-state index in [2.05, 4.69) is 36.1 Å². The average molecular weight is 276 g/mol. The van der Waals surface area contributed by atoms with Crippen LogP contribution >= 0.6 is 0 Å². The van der Waals surface area contributed by atoms with E-state index in [1.807, 2.05) is 0 Å². The smallest absolute Gasteiger partial charge is 0.0713 e.